The van der Waals surface area contributed by atoms with Crippen LogP contribution in [0.1, 0.15) is 40.9 Å². The number of rotatable bonds is 4. The molecule has 1 N–H and O–H groups in total. The molecular weight excluding hydrogens is 412 g/mol. The number of hydrogen-bond donors (Lipinski definition) is 1. The molecule has 0 aliphatic carbocycles. The first kappa shape index (κ1) is 21.1. The molecule has 166 valence electrons. The van der Waals surface area contributed by atoms with Crippen molar-refractivity contribution in [2.45, 2.75) is 31.8 Å². The Hall–Kier alpha value is -3.76. The maximum Gasteiger partial charge on any atom is 0.242 e. The van der Waals surface area contributed by atoms with Crippen LogP contribution in [0.4, 0.5) is 11.5 Å². The molecule has 3 heterocycles. The summed E-state index contributed by atoms with van der Waals surface area (Å²) in [7, 11) is 2.02. The Morgan fingerprint density at radius 1 is 1.12 bits per heavy atom. The van der Waals surface area contributed by atoms with E-state index in [2.05, 4.69) is 33.2 Å². The third-order valence-electron chi connectivity index (χ3n) is 6.83. The lowest BCUT2D eigenvalue weighted by Crippen LogP contribution is -2.68. The van der Waals surface area contributed by atoms with Gasteiger partial charge in [-0.15, -0.1) is 0 Å². The number of aromatic nitrogens is 2. The van der Waals surface area contributed by atoms with E-state index in [0.717, 1.165) is 33.9 Å². The van der Waals surface area contributed by atoms with Crippen molar-refractivity contribution in [3.05, 3.63) is 82.8 Å². The molecule has 7 nitrogen and oxygen atoms in total. The molecule has 33 heavy (non-hydrogen) atoms. The maximum absolute atomic E-state index is 13.7. The quantitative estimate of drug-likeness (QED) is 0.670. The fraction of sp³-hybridized carbons (Fsp3) is 0.308. The summed E-state index contributed by atoms with van der Waals surface area (Å²) in [6.07, 6.45) is 1.55. The van der Waals surface area contributed by atoms with Gasteiger partial charge in [0, 0.05) is 24.3 Å². The van der Waals surface area contributed by atoms with E-state index in [-0.39, 0.29) is 11.9 Å². The first-order valence-corrected chi connectivity index (χ1v) is 11.1. The second-order valence-corrected chi connectivity index (χ2v) is 9.03. The van der Waals surface area contributed by atoms with Gasteiger partial charge >= 0.3 is 0 Å². The van der Waals surface area contributed by atoms with Crippen LogP contribution in [0.2, 0.25) is 0 Å². The van der Waals surface area contributed by atoms with Crippen molar-refractivity contribution in [3.63, 3.8) is 0 Å². The van der Waals surface area contributed by atoms with Crippen LogP contribution in [-0.4, -0.2) is 40.9 Å². The van der Waals surface area contributed by atoms with Crippen LogP contribution in [0.15, 0.2) is 54.9 Å². The first-order chi connectivity index (χ1) is 15.9. The minimum atomic E-state index is -0.655. The van der Waals surface area contributed by atoms with Crippen LogP contribution in [0.25, 0.3) is 0 Å². The number of amides is 1. The van der Waals surface area contributed by atoms with E-state index in [1.54, 1.807) is 6.33 Å². The number of nitriles is 1. The third-order valence-corrected chi connectivity index (χ3v) is 6.83. The van der Waals surface area contributed by atoms with Crippen molar-refractivity contribution in [1.82, 2.24) is 14.9 Å². The fourth-order valence-electron chi connectivity index (χ4n) is 5.19. The Bertz CT molecular complexity index is 1260. The molecule has 1 fully saturated rings. The predicted octanol–water partition coefficient (Wildman–Crippen LogP) is 3.56. The number of likely N-dealkylation sites (N-methyl/N-ethyl adjacent to an activating group) is 1. The van der Waals surface area contributed by atoms with Gasteiger partial charge in [0.05, 0.1) is 29.9 Å². The molecule has 3 aromatic rings. The van der Waals surface area contributed by atoms with Crippen molar-refractivity contribution in [2.75, 3.05) is 30.4 Å². The summed E-state index contributed by atoms with van der Waals surface area (Å²) in [5.41, 5.74) is 4.68. The van der Waals surface area contributed by atoms with Crippen molar-refractivity contribution >= 4 is 17.4 Å². The van der Waals surface area contributed by atoms with Gasteiger partial charge in [-0.3, -0.25) is 4.79 Å². The Morgan fingerprint density at radius 2 is 1.88 bits per heavy atom. The molecule has 0 radical (unpaired) electrons. The third kappa shape index (κ3) is 3.35. The van der Waals surface area contributed by atoms with E-state index in [0.29, 0.717) is 25.2 Å². The van der Waals surface area contributed by atoms with Crippen LogP contribution in [0.3, 0.4) is 0 Å². The van der Waals surface area contributed by atoms with Gasteiger partial charge in [-0.2, -0.15) is 5.26 Å². The monoisotopic (exact) mass is 438 g/mol. The average molecular weight is 439 g/mol. The zero-order chi connectivity index (χ0) is 23.2. The molecule has 2 aliphatic rings. The number of fused-ring (bicyclic) bond motifs is 2. The van der Waals surface area contributed by atoms with Gasteiger partial charge in [0.15, 0.2) is 0 Å². The molecule has 1 atom stereocenters. The number of anilines is 2. The normalized spacial score (nSPS) is 17.8. The molecule has 0 saturated carbocycles. The minimum Gasteiger partial charge on any atom is -0.363 e. The van der Waals surface area contributed by atoms with Crippen LogP contribution in [-0.2, 0) is 16.8 Å². The Kier molecular flexibility index (Phi) is 5.10. The molecular formula is C26H26N6O. The highest BCUT2D eigenvalue weighted by Crippen LogP contribution is 2.43. The van der Waals surface area contributed by atoms with Crippen LogP contribution >= 0.6 is 0 Å². The number of carbonyl (C=O) groups excluding carboxylic acids is 1. The van der Waals surface area contributed by atoms with E-state index in [1.807, 2.05) is 67.4 Å². The summed E-state index contributed by atoms with van der Waals surface area (Å²) in [5.74, 6) is 0.825. The standard InChI is InChI=1S/C26H26N6O/c1-17-19(12-27)8-7-11-21(17)18(2)30-24-22-13-32(20-9-5-4-6-10-20)25(33)26(14-31(3)15-26)23(22)28-16-29-24/h4-11,16,18H,13-15H2,1-3H3,(H,28,29,30)/t18-/m1/s1. The van der Waals surface area contributed by atoms with Gasteiger partial charge in [0.1, 0.15) is 17.6 Å². The van der Waals surface area contributed by atoms with Crippen molar-refractivity contribution in [3.8, 4) is 6.07 Å². The second kappa shape index (κ2) is 7.98. The molecule has 0 bridgehead atoms. The van der Waals surface area contributed by atoms with Gasteiger partial charge < -0.3 is 15.1 Å². The summed E-state index contributed by atoms with van der Waals surface area (Å²) in [6, 6.07) is 17.7. The lowest BCUT2D eigenvalue weighted by molar-refractivity contribution is -0.131. The van der Waals surface area contributed by atoms with E-state index >= 15 is 0 Å². The molecule has 0 unspecified atom stereocenters. The van der Waals surface area contributed by atoms with Crippen molar-refractivity contribution in [2.24, 2.45) is 0 Å². The Labute approximate surface area is 193 Å². The predicted molar refractivity (Wildman–Crippen MR) is 127 cm³/mol. The van der Waals surface area contributed by atoms with Gasteiger partial charge in [-0.25, -0.2) is 9.97 Å². The number of para-hydroxylation sites is 1. The molecule has 2 aromatic carbocycles. The number of nitrogens with one attached hydrogen (secondary N) is 1. The molecule has 5 rings (SSSR count). The zero-order valence-electron chi connectivity index (χ0n) is 19.0. The second-order valence-electron chi connectivity index (χ2n) is 9.03. The minimum absolute atomic E-state index is 0.0693. The van der Waals surface area contributed by atoms with Gasteiger partial charge in [0.2, 0.25) is 5.91 Å². The molecule has 1 spiro atoms. The summed E-state index contributed by atoms with van der Waals surface area (Å²) < 4.78 is 0. The summed E-state index contributed by atoms with van der Waals surface area (Å²) in [5, 5.41) is 13.0. The smallest absolute Gasteiger partial charge is 0.242 e. The molecule has 2 aliphatic heterocycles. The lowest BCUT2D eigenvalue weighted by Gasteiger charge is -2.51. The number of carbonyl (C=O) groups is 1. The van der Waals surface area contributed by atoms with Crippen LogP contribution in [0, 0.1) is 18.3 Å². The first-order valence-electron chi connectivity index (χ1n) is 11.1. The molecule has 1 amide bonds. The largest absolute Gasteiger partial charge is 0.363 e. The van der Waals surface area contributed by atoms with E-state index in [4.69, 9.17) is 0 Å². The summed E-state index contributed by atoms with van der Waals surface area (Å²) in [4.78, 5) is 26.9. The van der Waals surface area contributed by atoms with E-state index in [9.17, 15) is 10.1 Å². The summed E-state index contributed by atoms with van der Waals surface area (Å²) >= 11 is 0. The van der Waals surface area contributed by atoms with Gasteiger partial charge in [0.25, 0.3) is 0 Å². The van der Waals surface area contributed by atoms with E-state index in [1.165, 1.54) is 0 Å². The maximum atomic E-state index is 13.7. The highest BCUT2D eigenvalue weighted by atomic mass is 16.2. The fourth-order valence-corrected chi connectivity index (χ4v) is 5.19. The number of benzene rings is 2. The number of nitrogens with zero attached hydrogens (tertiary/aromatic N) is 5. The number of likely N-dealkylation sites (tertiary alicyclic amines) is 1. The highest BCUT2D eigenvalue weighted by Gasteiger charge is 2.56. The molecule has 1 saturated heterocycles. The van der Waals surface area contributed by atoms with Gasteiger partial charge in [-0.1, -0.05) is 30.3 Å². The molecule has 7 heteroatoms. The zero-order valence-corrected chi connectivity index (χ0v) is 19.0. The molecule has 1 aromatic heterocycles. The topological polar surface area (TPSA) is 85.1 Å². The Balaban J connectivity index is 1.56. The SMILES string of the molecule is Cc1c(C#N)cccc1[C@@H](C)Nc1ncnc2c1CN(c1ccccc1)C(=O)C21CN(C)C1. The van der Waals surface area contributed by atoms with Crippen LogP contribution in [0.5, 0.6) is 0 Å². The number of hydrogen-bond acceptors (Lipinski definition) is 6. The van der Waals surface area contributed by atoms with Gasteiger partial charge in [-0.05, 0) is 50.2 Å². The average Bonchev–Trinajstić information content (AvgIpc) is 2.81. The van der Waals surface area contributed by atoms with Crippen LogP contribution < -0.4 is 10.2 Å². The van der Waals surface area contributed by atoms with E-state index < -0.39 is 5.41 Å². The Morgan fingerprint density at radius 3 is 2.58 bits per heavy atom. The summed E-state index contributed by atoms with van der Waals surface area (Å²) in [6.45, 7) is 5.72. The lowest BCUT2D eigenvalue weighted by atomic mass is 9.71. The van der Waals surface area contributed by atoms with Crippen molar-refractivity contribution in [1.29, 1.82) is 5.26 Å². The highest BCUT2D eigenvalue weighted by molar-refractivity contribution is 6.04. The van der Waals surface area contributed by atoms with Crippen molar-refractivity contribution < 1.29 is 4.79 Å².